The van der Waals surface area contributed by atoms with Crippen LogP contribution in [0.15, 0.2) is 22.5 Å². The number of sulfonamides is 1. The highest BCUT2D eigenvalue weighted by Crippen LogP contribution is 2.28. The fourth-order valence-electron chi connectivity index (χ4n) is 3.05. The quantitative estimate of drug-likeness (QED) is 0.309. The van der Waals surface area contributed by atoms with Gasteiger partial charge in [0.2, 0.25) is 21.1 Å². The Balaban J connectivity index is 1.58. The molecule has 0 saturated carbocycles. The van der Waals surface area contributed by atoms with Crippen molar-refractivity contribution >= 4 is 73.3 Å². The zero-order chi connectivity index (χ0) is 23.3. The van der Waals surface area contributed by atoms with E-state index in [-0.39, 0.29) is 40.1 Å². The van der Waals surface area contributed by atoms with Gasteiger partial charge in [0.05, 0.1) is 34.6 Å². The van der Waals surface area contributed by atoms with Crippen LogP contribution in [-0.4, -0.2) is 60.7 Å². The number of amides is 1. The molecular weight excluding hydrogens is 519 g/mol. The maximum Gasteiger partial charge on any atom is 0.316 e. The van der Waals surface area contributed by atoms with Crippen molar-refractivity contribution in [1.82, 2.24) is 14.5 Å². The van der Waals surface area contributed by atoms with Gasteiger partial charge in [-0.15, -0.1) is 10.2 Å². The maximum atomic E-state index is 12.9. The van der Waals surface area contributed by atoms with Crippen molar-refractivity contribution in [3.05, 3.63) is 33.8 Å². The summed E-state index contributed by atoms with van der Waals surface area (Å²) in [5.74, 6) is -1.36. The first kappa shape index (κ1) is 25.2. The minimum absolute atomic E-state index is 0.0816. The molecule has 1 aromatic heterocycles. The summed E-state index contributed by atoms with van der Waals surface area (Å²) in [6, 6.07) is 4.70. The molecule has 174 valence electrons. The number of esters is 1. The van der Waals surface area contributed by atoms with Crippen molar-refractivity contribution in [3.8, 4) is 0 Å². The standard InChI is InChI=1S/C18H20Cl2N4O5S3/c1-29-15(25)9-30-18-23-22-17(31-18)21-16(26)12-3-2-6-24(8-12)32(27,28)10-11-4-5-13(19)14(20)7-11/h4-5,7,12H,2-3,6,8-10H2,1H3,(H,21,22,26)/t12-/m1/s1. The van der Waals surface area contributed by atoms with Crippen LogP contribution < -0.4 is 5.32 Å². The van der Waals surface area contributed by atoms with Crippen LogP contribution in [0, 0.1) is 5.92 Å². The van der Waals surface area contributed by atoms with Gasteiger partial charge in [-0.3, -0.25) is 9.59 Å². The van der Waals surface area contributed by atoms with E-state index < -0.39 is 15.9 Å². The Morgan fingerprint density at radius 2 is 2.09 bits per heavy atom. The normalized spacial score (nSPS) is 17.2. The van der Waals surface area contributed by atoms with Crippen LogP contribution in [0.5, 0.6) is 0 Å². The fourth-order valence-corrected chi connectivity index (χ4v) is 6.55. The number of carbonyl (C=O) groups is 2. The predicted molar refractivity (Wildman–Crippen MR) is 125 cm³/mol. The van der Waals surface area contributed by atoms with E-state index in [0.717, 1.165) is 23.1 Å². The molecule has 14 heteroatoms. The lowest BCUT2D eigenvalue weighted by Gasteiger charge is -2.31. The van der Waals surface area contributed by atoms with Gasteiger partial charge in [0.25, 0.3) is 0 Å². The summed E-state index contributed by atoms with van der Waals surface area (Å²) < 4.78 is 32.2. The molecule has 1 atom stereocenters. The summed E-state index contributed by atoms with van der Waals surface area (Å²) in [4.78, 5) is 23.9. The molecule has 1 aliphatic heterocycles. The van der Waals surface area contributed by atoms with Gasteiger partial charge in [0.15, 0.2) is 4.34 Å². The number of hydrogen-bond donors (Lipinski definition) is 1. The number of benzene rings is 1. The molecule has 9 nitrogen and oxygen atoms in total. The average molecular weight is 539 g/mol. The zero-order valence-corrected chi connectivity index (χ0v) is 20.9. The van der Waals surface area contributed by atoms with Crippen molar-refractivity contribution in [2.75, 3.05) is 31.3 Å². The molecule has 3 rings (SSSR count). The molecule has 1 aromatic carbocycles. The minimum Gasteiger partial charge on any atom is -0.468 e. The third-order valence-electron chi connectivity index (χ3n) is 4.66. The molecule has 1 fully saturated rings. The Kier molecular flexibility index (Phi) is 8.75. The first-order valence-corrected chi connectivity index (χ1v) is 13.6. The van der Waals surface area contributed by atoms with Crippen LogP contribution in [0.4, 0.5) is 5.13 Å². The Hall–Kier alpha value is -1.44. The van der Waals surface area contributed by atoms with Gasteiger partial charge in [-0.05, 0) is 30.5 Å². The van der Waals surface area contributed by atoms with Crippen LogP contribution in [0.2, 0.25) is 10.0 Å². The highest BCUT2D eigenvalue weighted by atomic mass is 35.5. The van der Waals surface area contributed by atoms with Gasteiger partial charge in [0, 0.05) is 13.1 Å². The highest BCUT2D eigenvalue weighted by Gasteiger charge is 2.33. The number of methoxy groups -OCH3 is 1. The Bertz CT molecular complexity index is 1100. The van der Waals surface area contributed by atoms with E-state index in [4.69, 9.17) is 23.2 Å². The second-order valence-corrected chi connectivity index (χ2v) is 11.9. The van der Waals surface area contributed by atoms with Crippen LogP contribution in [-0.2, 0) is 30.1 Å². The average Bonchev–Trinajstić information content (AvgIpc) is 3.21. The van der Waals surface area contributed by atoms with Gasteiger partial charge in [-0.25, -0.2) is 12.7 Å². The van der Waals surface area contributed by atoms with E-state index in [0.29, 0.717) is 34.3 Å². The monoisotopic (exact) mass is 538 g/mol. The number of ether oxygens (including phenoxy) is 1. The minimum atomic E-state index is -3.64. The number of hydrogen-bond acceptors (Lipinski definition) is 9. The van der Waals surface area contributed by atoms with Crippen LogP contribution >= 0.6 is 46.3 Å². The Morgan fingerprint density at radius 1 is 1.31 bits per heavy atom. The second-order valence-electron chi connectivity index (χ2n) is 6.93. The number of carbonyl (C=O) groups excluding carboxylic acids is 2. The Morgan fingerprint density at radius 3 is 2.81 bits per heavy atom. The van der Waals surface area contributed by atoms with Gasteiger partial charge >= 0.3 is 5.97 Å². The topological polar surface area (TPSA) is 119 Å². The SMILES string of the molecule is COC(=O)CSc1nnc(NC(=O)[C@@H]2CCCN(S(=O)(=O)Cc3ccc(Cl)c(Cl)c3)C2)s1. The Labute approximate surface area is 203 Å². The van der Waals surface area contributed by atoms with Crippen LogP contribution in [0.25, 0.3) is 0 Å². The van der Waals surface area contributed by atoms with Crippen LogP contribution in [0.3, 0.4) is 0 Å². The van der Waals surface area contributed by atoms with E-state index in [1.54, 1.807) is 12.1 Å². The third kappa shape index (κ3) is 6.78. The molecule has 1 amide bonds. The fraction of sp³-hybridized carbons (Fsp3) is 0.444. The predicted octanol–water partition coefficient (Wildman–Crippen LogP) is 3.29. The summed E-state index contributed by atoms with van der Waals surface area (Å²) in [6.45, 7) is 0.429. The molecule has 0 bridgehead atoms. The summed E-state index contributed by atoms with van der Waals surface area (Å²) in [6.07, 6.45) is 1.13. The molecule has 2 heterocycles. The molecular formula is C18H20Cl2N4O5S3. The van der Waals surface area contributed by atoms with Crippen molar-refractivity contribution in [2.45, 2.75) is 22.9 Å². The van der Waals surface area contributed by atoms with Crippen molar-refractivity contribution < 1.29 is 22.7 Å². The maximum absolute atomic E-state index is 12.9. The number of rotatable bonds is 8. The first-order valence-electron chi connectivity index (χ1n) is 9.43. The van der Waals surface area contributed by atoms with Gasteiger partial charge < -0.3 is 10.1 Å². The molecule has 32 heavy (non-hydrogen) atoms. The van der Waals surface area contributed by atoms with Crippen molar-refractivity contribution in [3.63, 3.8) is 0 Å². The lowest BCUT2D eigenvalue weighted by molar-refractivity contribution is -0.137. The van der Waals surface area contributed by atoms with Crippen molar-refractivity contribution in [2.24, 2.45) is 5.92 Å². The lowest BCUT2D eigenvalue weighted by Crippen LogP contribution is -2.44. The zero-order valence-electron chi connectivity index (χ0n) is 16.9. The smallest absolute Gasteiger partial charge is 0.316 e. The second kappa shape index (κ2) is 11.1. The van der Waals surface area contributed by atoms with Gasteiger partial charge in [0.1, 0.15) is 0 Å². The van der Waals surface area contributed by atoms with E-state index in [1.807, 2.05) is 0 Å². The molecule has 0 radical (unpaired) electrons. The molecule has 0 unspecified atom stereocenters. The van der Waals surface area contributed by atoms with E-state index in [2.05, 4.69) is 20.3 Å². The summed E-state index contributed by atoms with van der Waals surface area (Å²) >= 11 is 14.2. The number of thioether (sulfide) groups is 1. The van der Waals surface area contributed by atoms with Crippen LogP contribution in [0.1, 0.15) is 18.4 Å². The number of halogens is 2. The number of nitrogens with one attached hydrogen (secondary N) is 1. The van der Waals surface area contributed by atoms with Crippen molar-refractivity contribution in [1.29, 1.82) is 0 Å². The third-order valence-corrected chi connectivity index (χ3v) is 9.16. The summed E-state index contributed by atoms with van der Waals surface area (Å²) in [5.41, 5.74) is 0.525. The largest absolute Gasteiger partial charge is 0.468 e. The lowest BCUT2D eigenvalue weighted by atomic mass is 9.99. The first-order chi connectivity index (χ1) is 15.2. The van der Waals surface area contributed by atoms with E-state index in [9.17, 15) is 18.0 Å². The number of aromatic nitrogens is 2. The van der Waals surface area contributed by atoms with E-state index in [1.165, 1.54) is 17.5 Å². The molecule has 1 saturated heterocycles. The summed E-state index contributed by atoms with van der Waals surface area (Å²) in [7, 11) is -2.34. The molecule has 0 spiro atoms. The molecule has 2 aromatic rings. The number of nitrogens with zero attached hydrogens (tertiary/aromatic N) is 3. The van der Waals surface area contributed by atoms with E-state index >= 15 is 0 Å². The molecule has 1 aliphatic rings. The molecule has 1 N–H and O–H groups in total. The highest BCUT2D eigenvalue weighted by molar-refractivity contribution is 8.01. The number of anilines is 1. The molecule has 0 aliphatic carbocycles. The summed E-state index contributed by atoms with van der Waals surface area (Å²) in [5, 5.41) is 11.4. The number of piperidine rings is 1. The van der Waals surface area contributed by atoms with Gasteiger partial charge in [-0.2, -0.15) is 0 Å². The van der Waals surface area contributed by atoms with Gasteiger partial charge in [-0.1, -0.05) is 52.4 Å².